The second-order valence-corrected chi connectivity index (χ2v) is 6.55. The number of carbonyl (C=O) groups excluding carboxylic acids is 2. The lowest BCUT2D eigenvalue weighted by atomic mass is 10.0. The van der Waals surface area contributed by atoms with E-state index in [0.717, 1.165) is 5.56 Å². The molecule has 4 nitrogen and oxygen atoms in total. The van der Waals surface area contributed by atoms with Crippen molar-refractivity contribution < 1.29 is 14.0 Å². The molecule has 2 N–H and O–H groups in total. The van der Waals surface area contributed by atoms with E-state index in [1.165, 1.54) is 6.07 Å². The highest BCUT2D eigenvalue weighted by atomic mass is 35.5. The van der Waals surface area contributed by atoms with E-state index in [4.69, 9.17) is 11.6 Å². The molecule has 1 unspecified atom stereocenters. The third-order valence-corrected chi connectivity index (χ3v) is 4.06. The first kappa shape index (κ1) is 18.9. The predicted octanol–water partition coefficient (Wildman–Crippen LogP) is 4.18. The quantitative estimate of drug-likeness (QED) is 0.838. The molecule has 2 aromatic carbocycles. The standard InChI is InChI=1S/C19H20ClFN2O2/c1-11(2)17(23-18(24)13-6-4-5-7-14(13)20)19(25)22-16-10-12(3)8-9-15(16)21/h4-11,17H,1-3H3,(H,22,25)(H,23,24). The van der Waals surface area contributed by atoms with Crippen LogP contribution in [0.15, 0.2) is 42.5 Å². The molecule has 0 radical (unpaired) electrons. The average molecular weight is 363 g/mol. The molecule has 2 aromatic rings. The van der Waals surface area contributed by atoms with E-state index >= 15 is 0 Å². The van der Waals surface area contributed by atoms with E-state index in [1.807, 2.05) is 0 Å². The maximum Gasteiger partial charge on any atom is 0.253 e. The van der Waals surface area contributed by atoms with Crippen LogP contribution in [0.5, 0.6) is 0 Å². The number of carbonyl (C=O) groups is 2. The van der Waals surface area contributed by atoms with Crippen LogP contribution < -0.4 is 10.6 Å². The van der Waals surface area contributed by atoms with E-state index in [2.05, 4.69) is 10.6 Å². The minimum Gasteiger partial charge on any atom is -0.340 e. The number of nitrogens with one attached hydrogen (secondary N) is 2. The third kappa shape index (κ3) is 4.79. The fourth-order valence-corrected chi connectivity index (χ4v) is 2.57. The Kier molecular flexibility index (Phi) is 6.15. The molecule has 0 saturated heterocycles. The molecular weight excluding hydrogens is 343 g/mol. The Balaban J connectivity index is 2.17. The summed E-state index contributed by atoms with van der Waals surface area (Å²) in [5.74, 6) is -1.66. The molecule has 0 heterocycles. The Morgan fingerprint density at radius 3 is 2.44 bits per heavy atom. The van der Waals surface area contributed by atoms with Gasteiger partial charge in [0.25, 0.3) is 5.91 Å². The van der Waals surface area contributed by atoms with Gasteiger partial charge in [-0.15, -0.1) is 0 Å². The number of halogens is 2. The predicted molar refractivity (Wildman–Crippen MR) is 97.3 cm³/mol. The number of hydrogen-bond acceptors (Lipinski definition) is 2. The van der Waals surface area contributed by atoms with Crippen LogP contribution in [-0.2, 0) is 4.79 Å². The molecule has 0 spiro atoms. The molecule has 0 aliphatic carbocycles. The summed E-state index contributed by atoms with van der Waals surface area (Å²) in [6, 6.07) is 10.2. The lowest BCUT2D eigenvalue weighted by Gasteiger charge is -2.22. The Labute approximate surface area is 151 Å². The van der Waals surface area contributed by atoms with Crippen molar-refractivity contribution in [2.24, 2.45) is 5.92 Å². The Morgan fingerprint density at radius 1 is 1.12 bits per heavy atom. The second kappa shape index (κ2) is 8.12. The molecular formula is C19H20ClFN2O2. The van der Waals surface area contributed by atoms with Crippen LogP contribution in [0.3, 0.4) is 0 Å². The van der Waals surface area contributed by atoms with Gasteiger partial charge >= 0.3 is 0 Å². The van der Waals surface area contributed by atoms with Crippen molar-refractivity contribution in [2.45, 2.75) is 26.8 Å². The Hall–Kier alpha value is -2.40. The van der Waals surface area contributed by atoms with Crippen molar-refractivity contribution in [3.8, 4) is 0 Å². The first-order valence-corrected chi connectivity index (χ1v) is 8.29. The SMILES string of the molecule is Cc1ccc(F)c(NC(=O)C(NC(=O)c2ccccc2Cl)C(C)C)c1. The summed E-state index contributed by atoms with van der Waals surface area (Å²) in [6.07, 6.45) is 0. The van der Waals surface area contributed by atoms with Crippen molar-refractivity contribution in [2.75, 3.05) is 5.32 Å². The largest absolute Gasteiger partial charge is 0.340 e. The average Bonchev–Trinajstić information content (AvgIpc) is 2.55. The molecule has 0 saturated carbocycles. The number of benzene rings is 2. The second-order valence-electron chi connectivity index (χ2n) is 6.15. The van der Waals surface area contributed by atoms with Crippen LogP contribution in [-0.4, -0.2) is 17.9 Å². The number of aryl methyl sites for hydroxylation is 1. The zero-order chi connectivity index (χ0) is 18.6. The van der Waals surface area contributed by atoms with Gasteiger partial charge in [-0.2, -0.15) is 0 Å². The van der Waals surface area contributed by atoms with Gasteiger partial charge in [0.15, 0.2) is 0 Å². The van der Waals surface area contributed by atoms with Gasteiger partial charge in [-0.1, -0.05) is 43.6 Å². The smallest absolute Gasteiger partial charge is 0.253 e. The number of anilines is 1. The van der Waals surface area contributed by atoms with E-state index in [0.29, 0.717) is 5.02 Å². The zero-order valence-electron chi connectivity index (χ0n) is 14.3. The van der Waals surface area contributed by atoms with Gasteiger partial charge in [-0.05, 0) is 42.7 Å². The fraction of sp³-hybridized carbons (Fsp3) is 0.263. The molecule has 0 aliphatic rings. The van der Waals surface area contributed by atoms with Gasteiger partial charge in [0.2, 0.25) is 5.91 Å². The number of amides is 2. The summed E-state index contributed by atoms with van der Waals surface area (Å²) in [6.45, 7) is 5.39. The Bertz CT molecular complexity index is 793. The van der Waals surface area contributed by atoms with E-state index in [1.54, 1.807) is 57.2 Å². The monoisotopic (exact) mass is 362 g/mol. The van der Waals surface area contributed by atoms with Gasteiger partial charge in [-0.3, -0.25) is 9.59 Å². The molecule has 0 fully saturated rings. The molecule has 1 atom stereocenters. The van der Waals surface area contributed by atoms with Crippen LogP contribution >= 0.6 is 11.6 Å². The van der Waals surface area contributed by atoms with E-state index in [-0.39, 0.29) is 17.2 Å². The normalized spacial score (nSPS) is 11.9. The van der Waals surface area contributed by atoms with Gasteiger partial charge in [0.05, 0.1) is 16.3 Å². The van der Waals surface area contributed by atoms with E-state index in [9.17, 15) is 14.0 Å². The van der Waals surface area contributed by atoms with Crippen molar-refractivity contribution in [3.05, 3.63) is 64.4 Å². The van der Waals surface area contributed by atoms with Crippen LogP contribution in [0.2, 0.25) is 5.02 Å². The molecule has 0 aliphatic heterocycles. The maximum absolute atomic E-state index is 13.9. The minimum atomic E-state index is -0.830. The fourth-order valence-electron chi connectivity index (χ4n) is 2.34. The maximum atomic E-state index is 13.9. The third-order valence-electron chi connectivity index (χ3n) is 3.73. The summed E-state index contributed by atoms with van der Waals surface area (Å²) in [4.78, 5) is 25.0. The van der Waals surface area contributed by atoms with Gasteiger partial charge in [-0.25, -0.2) is 4.39 Å². The molecule has 2 rings (SSSR count). The first-order chi connectivity index (χ1) is 11.8. The zero-order valence-corrected chi connectivity index (χ0v) is 15.0. The van der Waals surface area contributed by atoms with Gasteiger partial charge in [0.1, 0.15) is 11.9 Å². The lowest BCUT2D eigenvalue weighted by Crippen LogP contribution is -2.47. The summed E-state index contributed by atoms with van der Waals surface area (Å²) in [5, 5.41) is 5.51. The molecule has 132 valence electrons. The summed E-state index contributed by atoms with van der Waals surface area (Å²) < 4.78 is 13.9. The summed E-state index contributed by atoms with van der Waals surface area (Å²) in [5.41, 5.74) is 1.19. The first-order valence-electron chi connectivity index (χ1n) is 7.92. The molecule has 0 aromatic heterocycles. The Morgan fingerprint density at radius 2 is 1.80 bits per heavy atom. The van der Waals surface area contributed by atoms with Crippen LogP contribution in [0.1, 0.15) is 29.8 Å². The van der Waals surface area contributed by atoms with Crippen LogP contribution in [0, 0.1) is 18.7 Å². The van der Waals surface area contributed by atoms with Crippen molar-refractivity contribution in [1.82, 2.24) is 5.32 Å². The number of rotatable bonds is 5. The van der Waals surface area contributed by atoms with Crippen LogP contribution in [0.4, 0.5) is 10.1 Å². The minimum absolute atomic E-state index is 0.0858. The van der Waals surface area contributed by atoms with Gasteiger partial charge < -0.3 is 10.6 Å². The van der Waals surface area contributed by atoms with Gasteiger partial charge in [0, 0.05) is 0 Å². The molecule has 2 amide bonds. The van der Waals surface area contributed by atoms with Crippen molar-refractivity contribution in [1.29, 1.82) is 0 Å². The van der Waals surface area contributed by atoms with Crippen molar-refractivity contribution >= 4 is 29.1 Å². The molecule has 6 heteroatoms. The highest BCUT2D eigenvalue weighted by molar-refractivity contribution is 6.33. The lowest BCUT2D eigenvalue weighted by molar-refractivity contribution is -0.118. The summed E-state index contributed by atoms with van der Waals surface area (Å²) in [7, 11) is 0. The van der Waals surface area contributed by atoms with Crippen molar-refractivity contribution in [3.63, 3.8) is 0 Å². The molecule has 25 heavy (non-hydrogen) atoms. The topological polar surface area (TPSA) is 58.2 Å². The number of hydrogen-bond donors (Lipinski definition) is 2. The molecule has 0 bridgehead atoms. The highest BCUT2D eigenvalue weighted by Gasteiger charge is 2.26. The van der Waals surface area contributed by atoms with Crippen LogP contribution in [0.25, 0.3) is 0 Å². The van der Waals surface area contributed by atoms with E-state index < -0.39 is 23.7 Å². The summed E-state index contributed by atoms with van der Waals surface area (Å²) >= 11 is 6.02. The highest BCUT2D eigenvalue weighted by Crippen LogP contribution is 2.18.